The summed E-state index contributed by atoms with van der Waals surface area (Å²) >= 11 is 0. The van der Waals surface area contributed by atoms with E-state index in [9.17, 15) is 19.8 Å². The SMILES string of the molecule is CCCCCCCCc1cc(CCCCCCCC)c(C(=O)O)c(C(=O)O)c1.c1ccncc1. The standard InChI is InChI=1S/C24H38O4.C5H5N/c1-3-5-7-9-11-13-15-19-17-20(16-14-12-10-8-6-4-2)22(24(27)28)21(18-19)23(25)26;1-2-4-6-5-3-1/h17-18H,3-16H2,1-2H3,(H,25,26)(H,27,28);1-5H. The molecule has 0 saturated carbocycles. The molecule has 2 aromatic rings. The van der Waals surface area contributed by atoms with Gasteiger partial charge in [-0.2, -0.15) is 0 Å². The van der Waals surface area contributed by atoms with Crippen LogP contribution in [-0.4, -0.2) is 27.1 Å². The summed E-state index contributed by atoms with van der Waals surface area (Å²) < 4.78 is 0. The summed E-state index contributed by atoms with van der Waals surface area (Å²) in [4.78, 5) is 27.2. The van der Waals surface area contributed by atoms with Crippen LogP contribution >= 0.6 is 0 Å². The second kappa shape index (κ2) is 18.7. The van der Waals surface area contributed by atoms with Crippen LogP contribution < -0.4 is 0 Å². The summed E-state index contributed by atoms with van der Waals surface area (Å²) in [5.41, 5.74) is 1.56. The van der Waals surface area contributed by atoms with Gasteiger partial charge in [0.15, 0.2) is 0 Å². The Labute approximate surface area is 205 Å². The summed E-state index contributed by atoms with van der Waals surface area (Å²) in [7, 11) is 0. The van der Waals surface area contributed by atoms with Crippen molar-refractivity contribution in [1.82, 2.24) is 4.98 Å². The fourth-order valence-electron chi connectivity index (χ4n) is 4.05. The van der Waals surface area contributed by atoms with Gasteiger partial charge < -0.3 is 10.2 Å². The van der Waals surface area contributed by atoms with Gasteiger partial charge in [-0.05, 0) is 55.0 Å². The molecule has 0 saturated heterocycles. The minimum Gasteiger partial charge on any atom is -0.478 e. The highest BCUT2D eigenvalue weighted by Crippen LogP contribution is 2.23. The number of aromatic carboxylic acids is 2. The Morgan fingerprint density at radius 1 is 0.676 bits per heavy atom. The van der Waals surface area contributed by atoms with Gasteiger partial charge in [-0.3, -0.25) is 4.98 Å². The summed E-state index contributed by atoms with van der Waals surface area (Å²) in [6.45, 7) is 4.38. The van der Waals surface area contributed by atoms with Gasteiger partial charge in [0, 0.05) is 12.4 Å². The normalized spacial score (nSPS) is 10.4. The molecule has 5 heteroatoms. The number of unbranched alkanes of at least 4 members (excludes halogenated alkanes) is 10. The van der Waals surface area contributed by atoms with E-state index in [1.165, 1.54) is 44.9 Å². The smallest absolute Gasteiger partial charge is 0.336 e. The van der Waals surface area contributed by atoms with Crippen molar-refractivity contribution in [2.75, 3.05) is 0 Å². The molecule has 0 bridgehead atoms. The summed E-state index contributed by atoms with van der Waals surface area (Å²) in [6.07, 6.45) is 18.8. The van der Waals surface area contributed by atoms with E-state index in [1.807, 2.05) is 24.3 Å². The zero-order valence-corrected chi connectivity index (χ0v) is 21.1. The Kier molecular flexibility index (Phi) is 16.1. The van der Waals surface area contributed by atoms with Crippen molar-refractivity contribution in [2.24, 2.45) is 0 Å². The number of carboxylic acid groups (broad SMARTS) is 2. The number of rotatable bonds is 16. The van der Waals surface area contributed by atoms with Crippen molar-refractivity contribution in [3.63, 3.8) is 0 Å². The van der Waals surface area contributed by atoms with Crippen molar-refractivity contribution in [2.45, 2.75) is 104 Å². The Bertz CT molecular complexity index is 794. The van der Waals surface area contributed by atoms with E-state index < -0.39 is 11.9 Å². The van der Waals surface area contributed by atoms with Crippen LogP contribution in [0.25, 0.3) is 0 Å². The van der Waals surface area contributed by atoms with Crippen molar-refractivity contribution in [3.05, 3.63) is 65.0 Å². The van der Waals surface area contributed by atoms with Crippen LogP contribution in [0.3, 0.4) is 0 Å². The van der Waals surface area contributed by atoms with Gasteiger partial charge in [-0.15, -0.1) is 0 Å². The van der Waals surface area contributed by atoms with E-state index in [-0.39, 0.29) is 11.1 Å². The van der Waals surface area contributed by atoms with E-state index in [4.69, 9.17) is 0 Å². The lowest BCUT2D eigenvalue weighted by molar-refractivity contribution is 0.0650. The fraction of sp³-hybridized carbons (Fsp3) is 0.552. The molecule has 0 aliphatic heterocycles. The van der Waals surface area contributed by atoms with Crippen LogP contribution in [0.2, 0.25) is 0 Å². The lowest BCUT2D eigenvalue weighted by Gasteiger charge is -2.13. The molecule has 0 spiro atoms. The van der Waals surface area contributed by atoms with Crippen LogP contribution in [0.5, 0.6) is 0 Å². The Balaban J connectivity index is 0.000000830. The van der Waals surface area contributed by atoms with Crippen molar-refractivity contribution in [3.8, 4) is 0 Å². The first-order chi connectivity index (χ1) is 16.5. The molecule has 34 heavy (non-hydrogen) atoms. The molecule has 0 unspecified atom stereocenters. The third-order valence-corrected chi connectivity index (χ3v) is 5.91. The number of carbonyl (C=O) groups is 2. The van der Waals surface area contributed by atoms with E-state index in [2.05, 4.69) is 18.8 Å². The highest BCUT2D eigenvalue weighted by Gasteiger charge is 2.21. The van der Waals surface area contributed by atoms with E-state index in [0.29, 0.717) is 12.0 Å². The van der Waals surface area contributed by atoms with Crippen molar-refractivity contribution in [1.29, 1.82) is 0 Å². The molecule has 1 heterocycles. The van der Waals surface area contributed by atoms with Gasteiger partial charge in [0.1, 0.15) is 0 Å². The lowest BCUT2D eigenvalue weighted by Crippen LogP contribution is -2.13. The average Bonchev–Trinajstić information content (AvgIpc) is 2.84. The van der Waals surface area contributed by atoms with Crippen LogP contribution in [0.4, 0.5) is 0 Å². The molecule has 1 aromatic heterocycles. The maximum Gasteiger partial charge on any atom is 0.336 e. The number of carboxylic acids is 2. The number of hydrogen-bond donors (Lipinski definition) is 2. The highest BCUT2D eigenvalue weighted by molar-refractivity contribution is 6.03. The predicted octanol–water partition coefficient (Wildman–Crippen LogP) is 7.97. The van der Waals surface area contributed by atoms with E-state index in [0.717, 1.165) is 44.1 Å². The number of nitrogens with zero attached hydrogens (tertiary/aromatic N) is 1. The fourth-order valence-corrected chi connectivity index (χ4v) is 4.05. The minimum atomic E-state index is -1.15. The summed E-state index contributed by atoms with van der Waals surface area (Å²) in [6, 6.07) is 9.23. The van der Waals surface area contributed by atoms with Crippen LogP contribution in [0.1, 0.15) is 123 Å². The molecular formula is C29H43NO4. The van der Waals surface area contributed by atoms with Gasteiger partial charge in [-0.25, -0.2) is 9.59 Å². The van der Waals surface area contributed by atoms with Gasteiger partial charge >= 0.3 is 11.9 Å². The topological polar surface area (TPSA) is 87.5 Å². The molecule has 2 N–H and O–H groups in total. The number of aryl methyl sites for hydroxylation is 2. The van der Waals surface area contributed by atoms with Crippen LogP contribution in [-0.2, 0) is 12.8 Å². The molecule has 0 atom stereocenters. The third-order valence-electron chi connectivity index (χ3n) is 5.91. The molecule has 1 aromatic carbocycles. The number of aromatic nitrogens is 1. The monoisotopic (exact) mass is 469 g/mol. The maximum absolute atomic E-state index is 11.7. The Morgan fingerprint density at radius 2 is 1.21 bits per heavy atom. The number of benzene rings is 1. The maximum atomic E-state index is 11.7. The first-order valence-corrected chi connectivity index (χ1v) is 13.0. The molecule has 188 valence electrons. The van der Waals surface area contributed by atoms with Gasteiger partial charge in [-0.1, -0.05) is 90.2 Å². The predicted molar refractivity (Wildman–Crippen MR) is 139 cm³/mol. The second-order valence-electron chi connectivity index (χ2n) is 8.85. The Hall–Kier alpha value is -2.69. The quantitative estimate of drug-likeness (QED) is 0.243. The average molecular weight is 470 g/mol. The molecule has 0 aliphatic carbocycles. The molecule has 0 amide bonds. The second-order valence-corrected chi connectivity index (χ2v) is 8.85. The first-order valence-electron chi connectivity index (χ1n) is 13.0. The molecule has 0 radical (unpaired) electrons. The largest absolute Gasteiger partial charge is 0.478 e. The van der Waals surface area contributed by atoms with Gasteiger partial charge in [0.2, 0.25) is 0 Å². The van der Waals surface area contributed by atoms with E-state index >= 15 is 0 Å². The van der Waals surface area contributed by atoms with Crippen LogP contribution in [0.15, 0.2) is 42.7 Å². The minimum absolute atomic E-state index is 0.0206. The lowest BCUT2D eigenvalue weighted by atomic mass is 9.92. The van der Waals surface area contributed by atoms with Crippen molar-refractivity contribution >= 4 is 11.9 Å². The van der Waals surface area contributed by atoms with E-state index in [1.54, 1.807) is 18.5 Å². The first kappa shape index (κ1) is 29.3. The van der Waals surface area contributed by atoms with Gasteiger partial charge in [0.25, 0.3) is 0 Å². The zero-order chi connectivity index (χ0) is 25.0. The zero-order valence-electron chi connectivity index (χ0n) is 21.1. The molecule has 2 rings (SSSR count). The Morgan fingerprint density at radius 3 is 1.65 bits per heavy atom. The molecular weight excluding hydrogens is 426 g/mol. The summed E-state index contributed by atoms with van der Waals surface area (Å²) in [5.74, 6) is -2.28. The molecule has 0 fully saturated rings. The molecule has 5 nitrogen and oxygen atoms in total. The van der Waals surface area contributed by atoms with Gasteiger partial charge in [0.05, 0.1) is 11.1 Å². The molecule has 0 aliphatic rings. The van der Waals surface area contributed by atoms with Crippen molar-refractivity contribution < 1.29 is 19.8 Å². The van der Waals surface area contributed by atoms with Crippen LogP contribution in [0, 0.1) is 0 Å². The number of pyridine rings is 1. The number of hydrogen-bond acceptors (Lipinski definition) is 3. The highest BCUT2D eigenvalue weighted by atomic mass is 16.4. The summed E-state index contributed by atoms with van der Waals surface area (Å²) in [5, 5.41) is 19.1. The third kappa shape index (κ3) is 12.5.